The van der Waals surface area contributed by atoms with Crippen LogP contribution in [0.25, 0.3) is 6.08 Å². The van der Waals surface area contributed by atoms with Crippen LogP contribution in [0.2, 0.25) is 0 Å². The zero-order valence-corrected chi connectivity index (χ0v) is 16.7. The van der Waals surface area contributed by atoms with E-state index in [9.17, 15) is 10.1 Å². The third-order valence-corrected chi connectivity index (χ3v) is 6.29. The van der Waals surface area contributed by atoms with E-state index in [2.05, 4.69) is 39.5 Å². The molecule has 3 heterocycles. The number of benzene rings is 1. The summed E-state index contributed by atoms with van der Waals surface area (Å²) >= 11 is 2.98. The first-order valence-electron chi connectivity index (χ1n) is 8.93. The Kier molecular flexibility index (Phi) is 5.63. The molecular weight excluding hydrogens is 388 g/mol. The van der Waals surface area contributed by atoms with Crippen molar-refractivity contribution >= 4 is 39.8 Å². The summed E-state index contributed by atoms with van der Waals surface area (Å²) in [6.07, 6.45) is 2.47. The summed E-state index contributed by atoms with van der Waals surface area (Å²) < 4.78 is 0. The summed E-state index contributed by atoms with van der Waals surface area (Å²) in [5, 5.41) is 14.6. The Labute approximate surface area is 171 Å². The maximum atomic E-state index is 12.4. The summed E-state index contributed by atoms with van der Waals surface area (Å²) in [7, 11) is 0. The van der Waals surface area contributed by atoms with Gasteiger partial charge in [0, 0.05) is 35.8 Å². The van der Waals surface area contributed by atoms with Crippen LogP contribution >= 0.6 is 22.7 Å². The maximum Gasteiger partial charge on any atom is 0.268 e. The van der Waals surface area contributed by atoms with Crippen LogP contribution in [0.1, 0.15) is 21.0 Å². The minimum absolute atomic E-state index is 0.0846. The van der Waals surface area contributed by atoms with E-state index in [-0.39, 0.29) is 5.57 Å². The minimum Gasteiger partial charge on any atom is -0.297 e. The number of nitrogens with zero attached hydrogens (tertiary/aromatic N) is 3. The van der Waals surface area contributed by atoms with E-state index in [1.165, 1.54) is 33.1 Å². The van der Waals surface area contributed by atoms with Gasteiger partial charge in [-0.05, 0) is 23.1 Å². The van der Waals surface area contributed by atoms with Crippen molar-refractivity contribution in [3.63, 3.8) is 0 Å². The fourth-order valence-corrected chi connectivity index (χ4v) is 4.81. The van der Waals surface area contributed by atoms with Crippen molar-refractivity contribution in [2.45, 2.75) is 19.5 Å². The smallest absolute Gasteiger partial charge is 0.268 e. The summed E-state index contributed by atoms with van der Waals surface area (Å²) in [6.45, 7) is 2.68. The molecule has 0 saturated heterocycles. The van der Waals surface area contributed by atoms with Gasteiger partial charge < -0.3 is 0 Å². The van der Waals surface area contributed by atoms with E-state index in [4.69, 9.17) is 0 Å². The van der Waals surface area contributed by atoms with E-state index in [0.29, 0.717) is 5.13 Å². The Morgan fingerprint density at radius 2 is 2.14 bits per heavy atom. The second-order valence-electron chi connectivity index (χ2n) is 6.47. The molecule has 1 aromatic carbocycles. The second-order valence-corrected chi connectivity index (χ2v) is 8.54. The lowest BCUT2D eigenvalue weighted by Crippen LogP contribution is -2.29. The first-order chi connectivity index (χ1) is 13.7. The van der Waals surface area contributed by atoms with E-state index in [1.807, 2.05) is 29.6 Å². The van der Waals surface area contributed by atoms with Gasteiger partial charge in [-0.15, -0.1) is 22.7 Å². The number of hydrogen-bond donors (Lipinski definition) is 1. The van der Waals surface area contributed by atoms with Gasteiger partial charge in [0.1, 0.15) is 11.6 Å². The number of carbonyl (C=O) groups is 1. The van der Waals surface area contributed by atoms with Gasteiger partial charge in [-0.3, -0.25) is 15.0 Å². The molecule has 1 aliphatic rings. The highest BCUT2D eigenvalue weighted by Gasteiger charge is 2.22. The largest absolute Gasteiger partial charge is 0.297 e. The molecule has 0 radical (unpaired) electrons. The van der Waals surface area contributed by atoms with Crippen LogP contribution in [0.15, 0.2) is 53.4 Å². The minimum atomic E-state index is -0.414. The standard InChI is InChI=1S/C21H18N4OS2/c22-12-16(11-17-7-4-10-27-17)20(26)24-21-23-18-8-9-25(14-19(18)28-21)13-15-5-2-1-3-6-15/h1-7,10-11H,8-9,13-14H2,(H,23,24,26)/b16-11+. The topological polar surface area (TPSA) is 69.0 Å². The van der Waals surface area contributed by atoms with Gasteiger partial charge in [0.25, 0.3) is 5.91 Å². The molecule has 1 N–H and O–H groups in total. The molecule has 2 aromatic heterocycles. The predicted octanol–water partition coefficient (Wildman–Crippen LogP) is 4.31. The van der Waals surface area contributed by atoms with Crippen LogP contribution in [-0.2, 0) is 24.3 Å². The summed E-state index contributed by atoms with van der Waals surface area (Å²) in [5.41, 5.74) is 2.42. The highest BCUT2D eigenvalue weighted by molar-refractivity contribution is 7.16. The molecule has 1 aliphatic heterocycles. The molecule has 3 aromatic rings. The molecule has 0 aliphatic carbocycles. The summed E-state index contributed by atoms with van der Waals surface area (Å²) in [4.78, 5) is 21.5. The highest BCUT2D eigenvalue weighted by atomic mass is 32.1. The molecule has 1 amide bonds. The van der Waals surface area contributed by atoms with Gasteiger partial charge >= 0.3 is 0 Å². The lowest BCUT2D eigenvalue weighted by molar-refractivity contribution is -0.112. The van der Waals surface area contributed by atoms with Crippen LogP contribution in [0, 0.1) is 11.3 Å². The number of fused-ring (bicyclic) bond motifs is 1. The van der Waals surface area contributed by atoms with E-state index >= 15 is 0 Å². The molecule has 5 nitrogen and oxygen atoms in total. The molecule has 0 fully saturated rings. The third-order valence-electron chi connectivity index (χ3n) is 4.47. The van der Waals surface area contributed by atoms with Crippen LogP contribution in [0.4, 0.5) is 5.13 Å². The SMILES string of the molecule is N#C/C(=C\c1cccs1)C(=O)Nc1nc2c(s1)CN(Cc1ccccc1)CC2. The normalized spacial score (nSPS) is 14.3. The fourth-order valence-electron chi connectivity index (χ4n) is 3.11. The van der Waals surface area contributed by atoms with E-state index in [1.54, 1.807) is 6.08 Å². The number of carbonyl (C=O) groups excluding carboxylic acids is 1. The number of rotatable bonds is 5. The lowest BCUT2D eigenvalue weighted by Gasteiger charge is -2.25. The number of nitriles is 1. The van der Waals surface area contributed by atoms with E-state index < -0.39 is 5.91 Å². The van der Waals surface area contributed by atoms with Crippen molar-refractivity contribution in [3.05, 3.63) is 74.4 Å². The van der Waals surface area contributed by atoms with Crippen molar-refractivity contribution in [1.29, 1.82) is 5.26 Å². The molecule has 0 saturated carbocycles. The third kappa shape index (κ3) is 4.37. The Morgan fingerprint density at radius 3 is 2.89 bits per heavy atom. The molecule has 0 spiro atoms. The molecule has 28 heavy (non-hydrogen) atoms. The van der Waals surface area contributed by atoms with Crippen LogP contribution in [0.3, 0.4) is 0 Å². The van der Waals surface area contributed by atoms with Gasteiger partial charge in [0.05, 0.1) is 5.69 Å². The second kappa shape index (κ2) is 8.48. The van der Waals surface area contributed by atoms with Crippen LogP contribution in [0.5, 0.6) is 0 Å². The van der Waals surface area contributed by atoms with Gasteiger partial charge in [-0.25, -0.2) is 4.98 Å². The predicted molar refractivity (Wildman–Crippen MR) is 113 cm³/mol. The Hall–Kier alpha value is -2.79. The average Bonchev–Trinajstić information content (AvgIpc) is 3.35. The van der Waals surface area contributed by atoms with Crippen LogP contribution in [-0.4, -0.2) is 22.3 Å². The monoisotopic (exact) mass is 406 g/mol. The number of nitrogens with one attached hydrogen (secondary N) is 1. The quantitative estimate of drug-likeness (QED) is 0.506. The number of thiophene rings is 1. The number of anilines is 1. The van der Waals surface area contributed by atoms with Crippen molar-refractivity contribution in [2.75, 3.05) is 11.9 Å². The van der Waals surface area contributed by atoms with Crippen molar-refractivity contribution in [3.8, 4) is 6.07 Å². The number of hydrogen-bond acceptors (Lipinski definition) is 6. The molecule has 0 atom stereocenters. The zero-order chi connectivity index (χ0) is 19.3. The van der Waals surface area contributed by atoms with Crippen LogP contribution < -0.4 is 5.32 Å². The van der Waals surface area contributed by atoms with Gasteiger partial charge in [-0.2, -0.15) is 5.26 Å². The first kappa shape index (κ1) is 18.6. The number of thiazole rings is 1. The summed E-state index contributed by atoms with van der Waals surface area (Å²) in [5.74, 6) is -0.414. The molecule has 0 unspecified atom stereocenters. The van der Waals surface area contributed by atoms with E-state index in [0.717, 1.165) is 36.6 Å². The Bertz CT molecular complexity index is 1030. The van der Waals surface area contributed by atoms with Crippen molar-refractivity contribution < 1.29 is 4.79 Å². The fraction of sp³-hybridized carbons (Fsp3) is 0.190. The maximum absolute atomic E-state index is 12.4. The first-order valence-corrected chi connectivity index (χ1v) is 10.6. The molecule has 140 valence electrons. The molecule has 7 heteroatoms. The average molecular weight is 407 g/mol. The molecule has 4 rings (SSSR count). The lowest BCUT2D eigenvalue weighted by atomic mass is 10.1. The van der Waals surface area contributed by atoms with Crippen molar-refractivity contribution in [1.82, 2.24) is 9.88 Å². The van der Waals surface area contributed by atoms with Crippen molar-refractivity contribution in [2.24, 2.45) is 0 Å². The Balaban J connectivity index is 1.43. The highest BCUT2D eigenvalue weighted by Crippen LogP contribution is 2.29. The summed E-state index contributed by atoms with van der Waals surface area (Å²) in [6, 6.07) is 16.2. The number of amides is 1. The molecular formula is C21H18N4OS2. The van der Waals surface area contributed by atoms with Gasteiger partial charge in [0.2, 0.25) is 0 Å². The zero-order valence-electron chi connectivity index (χ0n) is 15.1. The van der Waals surface area contributed by atoms with Gasteiger partial charge in [-0.1, -0.05) is 36.4 Å². The Morgan fingerprint density at radius 1 is 1.29 bits per heavy atom. The van der Waals surface area contributed by atoms with Gasteiger partial charge in [0.15, 0.2) is 5.13 Å². The number of aromatic nitrogens is 1. The molecule has 0 bridgehead atoms.